The van der Waals surface area contributed by atoms with Crippen molar-refractivity contribution in [1.29, 1.82) is 0 Å². The van der Waals surface area contributed by atoms with Crippen molar-refractivity contribution in [1.82, 2.24) is 5.32 Å². The fourth-order valence-electron chi connectivity index (χ4n) is 1.77. The normalized spacial score (nSPS) is 10.2. The molecule has 0 spiro atoms. The van der Waals surface area contributed by atoms with Crippen molar-refractivity contribution in [3.8, 4) is 5.75 Å². The van der Waals surface area contributed by atoms with Crippen LogP contribution in [-0.2, 0) is 17.9 Å². The van der Waals surface area contributed by atoms with Crippen LogP contribution in [0.15, 0.2) is 48.5 Å². The number of carbonyl (C=O) groups is 1. The summed E-state index contributed by atoms with van der Waals surface area (Å²) in [6, 6.07) is 13.3. The Kier molecular flexibility index (Phi) is 5.29. The number of benzene rings is 2. The molecule has 0 atom stereocenters. The zero-order chi connectivity index (χ0) is 15.1. The molecular formula is C16H17FN2O2. The molecule has 2 rings (SSSR count). The van der Waals surface area contributed by atoms with Gasteiger partial charge in [-0.25, -0.2) is 4.39 Å². The Bertz CT molecular complexity index is 599. The quantitative estimate of drug-likeness (QED) is 0.854. The number of hydrogen-bond donors (Lipinski definition) is 2. The third-order valence-electron chi connectivity index (χ3n) is 2.91. The van der Waals surface area contributed by atoms with E-state index in [1.54, 1.807) is 24.3 Å². The van der Waals surface area contributed by atoms with Crippen LogP contribution in [0.1, 0.15) is 11.1 Å². The highest BCUT2D eigenvalue weighted by atomic mass is 19.1. The van der Waals surface area contributed by atoms with Crippen LogP contribution in [0.2, 0.25) is 0 Å². The minimum Gasteiger partial charge on any atom is -0.484 e. The van der Waals surface area contributed by atoms with Crippen LogP contribution in [-0.4, -0.2) is 12.5 Å². The molecule has 4 nitrogen and oxygen atoms in total. The summed E-state index contributed by atoms with van der Waals surface area (Å²) in [7, 11) is 0. The van der Waals surface area contributed by atoms with Gasteiger partial charge < -0.3 is 15.8 Å². The van der Waals surface area contributed by atoms with Crippen molar-refractivity contribution in [2.75, 3.05) is 6.61 Å². The van der Waals surface area contributed by atoms with Crippen LogP contribution in [0.3, 0.4) is 0 Å². The lowest BCUT2D eigenvalue weighted by Crippen LogP contribution is -2.28. The van der Waals surface area contributed by atoms with Crippen molar-refractivity contribution in [2.24, 2.45) is 5.73 Å². The number of rotatable bonds is 6. The third-order valence-corrected chi connectivity index (χ3v) is 2.91. The van der Waals surface area contributed by atoms with E-state index in [1.165, 1.54) is 12.1 Å². The summed E-state index contributed by atoms with van der Waals surface area (Å²) in [6.07, 6.45) is 0. The van der Waals surface area contributed by atoms with E-state index in [1.807, 2.05) is 12.1 Å². The first-order valence-electron chi connectivity index (χ1n) is 6.60. The molecule has 21 heavy (non-hydrogen) atoms. The Morgan fingerprint density at radius 1 is 1.14 bits per heavy atom. The van der Waals surface area contributed by atoms with Crippen molar-refractivity contribution in [3.63, 3.8) is 0 Å². The van der Waals surface area contributed by atoms with Crippen molar-refractivity contribution in [3.05, 3.63) is 65.5 Å². The Hall–Kier alpha value is -2.40. The largest absolute Gasteiger partial charge is 0.484 e. The van der Waals surface area contributed by atoms with Gasteiger partial charge in [0.15, 0.2) is 6.61 Å². The van der Waals surface area contributed by atoms with Crippen LogP contribution in [0, 0.1) is 5.82 Å². The fraction of sp³-hybridized carbons (Fsp3) is 0.188. The fourth-order valence-corrected chi connectivity index (χ4v) is 1.77. The van der Waals surface area contributed by atoms with E-state index in [9.17, 15) is 9.18 Å². The van der Waals surface area contributed by atoms with E-state index >= 15 is 0 Å². The molecule has 0 aliphatic carbocycles. The van der Waals surface area contributed by atoms with E-state index in [0.29, 0.717) is 17.9 Å². The monoisotopic (exact) mass is 288 g/mol. The molecular weight excluding hydrogens is 271 g/mol. The summed E-state index contributed by atoms with van der Waals surface area (Å²) in [6.45, 7) is 0.651. The number of hydrogen-bond acceptors (Lipinski definition) is 3. The molecule has 0 aliphatic heterocycles. The van der Waals surface area contributed by atoms with Gasteiger partial charge in [-0.15, -0.1) is 0 Å². The Balaban J connectivity index is 1.76. The molecule has 2 aromatic rings. The van der Waals surface area contributed by atoms with Gasteiger partial charge in [0, 0.05) is 13.1 Å². The van der Waals surface area contributed by atoms with Gasteiger partial charge in [-0.2, -0.15) is 0 Å². The summed E-state index contributed by atoms with van der Waals surface area (Å²) >= 11 is 0. The van der Waals surface area contributed by atoms with Gasteiger partial charge in [-0.1, -0.05) is 24.3 Å². The van der Waals surface area contributed by atoms with Gasteiger partial charge in [0.2, 0.25) is 0 Å². The van der Waals surface area contributed by atoms with E-state index in [2.05, 4.69) is 5.32 Å². The van der Waals surface area contributed by atoms with Gasteiger partial charge in [0.05, 0.1) is 0 Å². The molecule has 3 N–H and O–H groups in total. The van der Waals surface area contributed by atoms with Gasteiger partial charge in [0.1, 0.15) is 11.6 Å². The van der Waals surface area contributed by atoms with Crippen molar-refractivity contribution in [2.45, 2.75) is 13.1 Å². The number of amides is 1. The minimum atomic E-state index is -0.321. The molecule has 0 bridgehead atoms. The second-order valence-electron chi connectivity index (χ2n) is 4.54. The first-order valence-corrected chi connectivity index (χ1v) is 6.60. The maximum absolute atomic E-state index is 13.0. The lowest BCUT2D eigenvalue weighted by atomic mass is 10.2. The topological polar surface area (TPSA) is 64.3 Å². The predicted octanol–water partition coefficient (Wildman–Crippen LogP) is 1.98. The molecule has 2 aromatic carbocycles. The third kappa shape index (κ3) is 4.89. The Labute approximate surface area is 122 Å². The lowest BCUT2D eigenvalue weighted by molar-refractivity contribution is -0.123. The molecule has 0 fully saturated rings. The van der Waals surface area contributed by atoms with Crippen LogP contribution >= 0.6 is 0 Å². The van der Waals surface area contributed by atoms with E-state index in [-0.39, 0.29) is 24.9 Å². The highest BCUT2D eigenvalue weighted by Crippen LogP contribution is 2.11. The van der Waals surface area contributed by atoms with E-state index in [4.69, 9.17) is 10.5 Å². The first kappa shape index (κ1) is 15.0. The maximum atomic E-state index is 13.0. The summed E-state index contributed by atoms with van der Waals surface area (Å²) in [5.41, 5.74) is 7.20. The average Bonchev–Trinajstić information content (AvgIpc) is 2.51. The molecule has 110 valence electrons. The van der Waals surface area contributed by atoms with Crippen LogP contribution in [0.5, 0.6) is 5.75 Å². The van der Waals surface area contributed by atoms with Crippen LogP contribution < -0.4 is 15.8 Å². The zero-order valence-corrected chi connectivity index (χ0v) is 11.5. The summed E-state index contributed by atoms with van der Waals surface area (Å²) < 4.78 is 18.3. The Morgan fingerprint density at radius 3 is 2.57 bits per heavy atom. The zero-order valence-electron chi connectivity index (χ0n) is 11.5. The second kappa shape index (κ2) is 7.40. The van der Waals surface area contributed by atoms with Gasteiger partial charge >= 0.3 is 0 Å². The molecule has 1 amide bonds. The molecule has 0 unspecified atom stereocenters. The van der Waals surface area contributed by atoms with Gasteiger partial charge in [0.25, 0.3) is 5.91 Å². The summed E-state index contributed by atoms with van der Waals surface area (Å²) in [4.78, 5) is 11.6. The maximum Gasteiger partial charge on any atom is 0.258 e. The average molecular weight is 288 g/mol. The van der Waals surface area contributed by atoms with Crippen LogP contribution in [0.25, 0.3) is 0 Å². The van der Waals surface area contributed by atoms with E-state index in [0.717, 1.165) is 5.56 Å². The Morgan fingerprint density at radius 2 is 1.90 bits per heavy atom. The number of ether oxygens (including phenoxy) is 1. The van der Waals surface area contributed by atoms with E-state index < -0.39 is 0 Å². The SMILES string of the molecule is NCc1ccc(OCC(=O)NCc2cccc(F)c2)cc1. The highest BCUT2D eigenvalue weighted by molar-refractivity contribution is 5.77. The molecule has 0 saturated heterocycles. The van der Waals surface area contributed by atoms with Gasteiger partial charge in [-0.05, 0) is 35.4 Å². The summed E-state index contributed by atoms with van der Waals surface area (Å²) in [5, 5.41) is 2.67. The smallest absolute Gasteiger partial charge is 0.258 e. The van der Waals surface area contributed by atoms with Gasteiger partial charge in [-0.3, -0.25) is 4.79 Å². The standard InChI is InChI=1S/C16H17FN2O2/c17-14-3-1-2-13(8-14)10-19-16(20)11-21-15-6-4-12(9-18)5-7-15/h1-8H,9-11,18H2,(H,19,20). The van der Waals surface area contributed by atoms with Crippen molar-refractivity contribution >= 4 is 5.91 Å². The second-order valence-corrected chi connectivity index (χ2v) is 4.54. The number of carbonyl (C=O) groups excluding carboxylic acids is 1. The first-order chi connectivity index (χ1) is 10.2. The number of nitrogens with two attached hydrogens (primary N) is 1. The molecule has 0 heterocycles. The van der Waals surface area contributed by atoms with Crippen molar-refractivity contribution < 1.29 is 13.9 Å². The molecule has 0 saturated carbocycles. The predicted molar refractivity (Wildman–Crippen MR) is 78.1 cm³/mol. The minimum absolute atomic E-state index is 0.0860. The summed E-state index contributed by atoms with van der Waals surface area (Å²) in [5.74, 6) is 0.0215. The molecule has 5 heteroatoms. The molecule has 0 aliphatic rings. The van der Waals surface area contributed by atoms with Crippen LogP contribution in [0.4, 0.5) is 4.39 Å². The molecule has 0 radical (unpaired) electrons. The lowest BCUT2D eigenvalue weighted by Gasteiger charge is -2.08. The molecule has 0 aromatic heterocycles. The highest BCUT2D eigenvalue weighted by Gasteiger charge is 2.03. The number of nitrogens with one attached hydrogen (secondary N) is 1. The number of halogens is 1.